The van der Waals surface area contributed by atoms with E-state index in [0.29, 0.717) is 5.56 Å². The van der Waals surface area contributed by atoms with Crippen molar-refractivity contribution in [1.82, 2.24) is 5.32 Å². The molecule has 0 bridgehead atoms. The number of hydrogen-bond donors (Lipinski definition) is 2. The maximum Gasteiger partial charge on any atom is 0.408 e. The molecule has 0 aromatic heterocycles. The van der Waals surface area contributed by atoms with Crippen LogP contribution < -0.4 is 11.1 Å². The number of alkyl carbamates (subject to hydrolysis) is 1. The average molecular weight is 312 g/mol. The number of rotatable bonds is 3. The first-order chi connectivity index (χ1) is 11.1. The predicted molar refractivity (Wildman–Crippen MR) is 87.1 cm³/mol. The summed E-state index contributed by atoms with van der Waals surface area (Å²) < 4.78 is 18.4. The van der Waals surface area contributed by atoms with E-state index >= 15 is 0 Å². The Morgan fingerprint density at radius 3 is 2.78 bits per heavy atom. The Kier molecular flexibility index (Phi) is 5.59. The number of nitrogens with one attached hydrogen (secondary N) is 1. The fraction of sp³-hybridized carbons (Fsp3) is 0.167. The third-order valence-electron chi connectivity index (χ3n) is 3.10. The zero-order valence-corrected chi connectivity index (χ0v) is 12.7. The quantitative estimate of drug-likeness (QED) is 0.676. The van der Waals surface area contributed by atoms with Gasteiger partial charge < -0.3 is 15.8 Å². The van der Waals surface area contributed by atoms with Gasteiger partial charge >= 0.3 is 6.09 Å². The minimum absolute atomic E-state index is 0.0932. The smallest absolute Gasteiger partial charge is 0.408 e. The molecule has 0 aliphatic heterocycles. The molecular weight excluding hydrogens is 295 g/mol. The highest BCUT2D eigenvalue weighted by Crippen LogP contribution is 2.15. The standard InChI is InChI=1S/C18H17FN2O2/c1-13-10-17(20)16(19)11-15(13)8-5-9-21-18(22)23-12-14-6-3-2-4-7-14/h2-4,6-7,10-11H,9,12,20H2,1H3,(H,21,22). The van der Waals surface area contributed by atoms with Gasteiger partial charge in [0, 0.05) is 5.56 Å². The van der Waals surface area contributed by atoms with Crippen molar-refractivity contribution in [2.45, 2.75) is 13.5 Å². The van der Waals surface area contributed by atoms with Gasteiger partial charge in [0.1, 0.15) is 12.4 Å². The van der Waals surface area contributed by atoms with Gasteiger partial charge in [-0.15, -0.1) is 0 Å². The van der Waals surface area contributed by atoms with E-state index in [1.807, 2.05) is 30.3 Å². The molecule has 3 N–H and O–H groups in total. The molecule has 5 heteroatoms. The Morgan fingerprint density at radius 1 is 1.30 bits per heavy atom. The van der Waals surface area contributed by atoms with E-state index in [2.05, 4.69) is 17.2 Å². The van der Waals surface area contributed by atoms with Crippen molar-refractivity contribution < 1.29 is 13.9 Å². The number of aryl methyl sites for hydroxylation is 1. The molecule has 118 valence electrons. The molecule has 2 rings (SSSR count). The summed E-state index contributed by atoms with van der Waals surface area (Å²) in [5, 5.41) is 2.52. The lowest BCUT2D eigenvalue weighted by molar-refractivity contribution is 0.141. The SMILES string of the molecule is Cc1cc(N)c(F)cc1C#CCNC(=O)OCc1ccccc1. The topological polar surface area (TPSA) is 64.3 Å². The molecule has 0 heterocycles. The van der Waals surface area contributed by atoms with E-state index in [-0.39, 0.29) is 18.8 Å². The molecular formula is C18H17FN2O2. The highest BCUT2D eigenvalue weighted by Gasteiger charge is 2.03. The number of amides is 1. The van der Waals surface area contributed by atoms with Crippen molar-refractivity contribution in [3.8, 4) is 11.8 Å². The molecule has 0 saturated heterocycles. The number of anilines is 1. The van der Waals surface area contributed by atoms with E-state index in [9.17, 15) is 9.18 Å². The van der Waals surface area contributed by atoms with E-state index in [1.165, 1.54) is 12.1 Å². The molecule has 4 nitrogen and oxygen atoms in total. The number of carbonyl (C=O) groups excluding carboxylic acids is 1. The normalized spacial score (nSPS) is 9.65. The first-order valence-electron chi connectivity index (χ1n) is 7.05. The molecule has 0 aliphatic carbocycles. The zero-order valence-electron chi connectivity index (χ0n) is 12.7. The number of benzene rings is 2. The van der Waals surface area contributed by atoms with Crippen molar-refractivity contribution >= 4 is 11.8 Å². The van der Waals surface area contributed by atoms with Crippen LogP contribution >= 0.6 is 0 Å². The molecule has 0 unspecified atom stereocenters. The molecule has 0 aliphatic rings. The van der Waals surface area contributed by atoms with Crippen LogP contribution in [-0.4, -0.2) is 12.6 Å². The Hall–Kier alpha value is -3.00. The van der Waals surface area contributed by atoms with Gasteiger partial charge in [-0.3, -0.25) is 0 Å². The lowest BCUT2D eigenvalue weighted by Gasteiger charge is -2.04. The summed E-state index contributed by atoms with van der Waals surface area (Å²) >= 11 is 0. The summed E-state index contributed by atoms with van der Waals surface area (Å²) in [6, 6.07) is 12.2. The number of nitrogens with two attached hydrogens (primary N) is 1. The number of hydrogen-bond acceptors (Lipinski definition) is 3. The summed E-state index contributed by atoms with van der Waals surface area (Å²) in [4.78, 5) is 11.5. The van der Waals surface area contributed by atoms with Crippen molar-refractivity contribution in [3.63, 3.8) is 0 Å². The second-order valence-corrected chi connectivity index (χ2v) is 4.91. The van der Waals surface area contributed by atoms with E-state index < -0.39 is 11.9 Å². The fourth-order valence-electron chi connectivity index (χ4n) is 1.87. The summed E-state index contributed by atoms with van der Waals surface area (Å²) in [7, 11) is 0. The van der Waals surface area contributed by atoms with Crippen LogP contribution in [0.15, 0.2) is 42.5 Å². The number of halogens is 1. The highest BCUT2D eigenvalue weighted by atomic mass is 19.1. The molecule has 0 spiro atoms. The third kappa shape index (κ3) is 5.04. The molecule has 0 fully saturated rings. The number of nitrogen functional groups attached to an aromatic ring is 1. The van der Waals surface area contributed by atoms with Gasteiger partial charge in [-0.1, -0.05) is 42.2 Å². The van der Waals surface area contributed by atoms with Crippen molar-refractivity contribution in [1.29, 1.82) is 0 Å². The summed E-state index contributed by atoms with van der Waals surface area (Å²) in [5.74, 6) is 5.04. The summed E-state index contributed by atoms with van der Waals surface area (Å²) in [5.41, 5.74) is 7.78. The third-order valence-corrected chi connectivity index (χ3v) is 3.10. The lowest BCUT2D eigenvalue weighted by Crippen LogP contribution is -2.24. The molecule has 2 aromatic rings. The lowest BCUT2D eigenvalue weighted by atomic mass is 10.1. The van der Waals surface area contributed by atoms with Crippen LogP contribution in [0.3, 0.4) is 0 Å². The molecule has 0 atom stereocenters. The molecule has 0 radical (unpaired) electrons. The second kappa shape index (κ2) is 7.85. The largest absolute Gasteiger partial charge is 0.445 e. The van der Waals surface area contributed by atoms with Gasteiger partial charge in [0.2, 0.25) is 0 Å². The number of carbonyl (C=O) groups is 1. The average Bonchev–Trinajstić information content (AvgIpc) is 2.55. The van der Waals surface area contributed by atoms with Crippen LogP contribution in [0.2, 0.25) is 0 Å². The Balaban J connectivity index is 1.81. The maximum absolute atomic E-state index is 13.4. The van der Waals surface area contributed by atoms with E-state index in [4.69, 9.17) is 10.5 Å². The molecule has 0 saturated carbocycles. The Morgan fingerprint density at radius 2 is 2.04 bits per heavy atom. The van der Waals surface area contributed by atoms with Gasteiger partial charge in [-0.2, -0.15) is 0 Å². The van der Waals surface area contributed by atoms with Crippen LogP contribution in [0.5, 0.6) is 0 Å². The van der Waals surface area contributed by atoms with Crippen LogP contribution in [0.25, 0.3) is 0 Å². The predicted octanol–water partition coefficient (Wildman–Crippen LogP) is 2.99. The van der Waals surface area contributed by atoms with Crippen molar-refractivity contribution in [2.24, 2.45) is 0 Å². The van der Waals surface area contributed by atoms with Crippen molar-refractivity contribution in [2.75, 3.05) is 12.3 Å². The monoisotopic (exact) mass is 312 g/mol. The Labute approximate surface area is 134 Å². The summed E-state index contributed by atoms with van der Waals surface area (Å²) in [6.45, 7) is 2.10. The van der Waals surface area contributed by atoms with Gasteiger partial charge in [0.05, 0.1) is 12.2 Å². The van der Waals surface area contributed by atoms with E-state index in [1.54, 1.807) is 6.92 Å². The maximum atomic E-state index is 13.4. The van der Waals surface area contributed by atoms with Crippen LogP contribution in [0.1, 0.15) is 16.7 Å². The van der Waals surface area contributed by atoms with Gasteiger partial charge in [0.15, 0.2) is 0 Å². The fourth-order valence-corrected chi connectivity index (χ4v) is 1.87. The van der Waals surface area contributed by atoms with E-state index in [0.717, 1.165) is 11.1 Å². The molecule has 23 heavy (non-hydrogen) atoms. The van der Waals surface area contributed by atoms with Crippen LogP contribution in [0, 0.1) is 24.6 Å². The minimum atomic E-state index is -0.552. The van der Waals surface area contributed by atoms with Crippen LogP contribution in [0.4, 0.5) is 14.9 Å². The van der Waals surface area contributed by atoms with Crippen molar-refractivity contribution in [3.05, 3.63) is 65.0 Å². The first-order valence-corrected chi connectivity index (χ1v) is 7.05. The number of ether oxygens (including phenoxy) is 1. The van der Waals surface area contributed by atoms with Gasteiger partial charge in [-0.25, -0.2) is 9.18 Å². The second-order valence-electron chi connectivity index (χ2n) is 4.91. The van der Waals surface area contributed by atoms with Gasteiger partial charge in [0.25, 0.3) is 0 Å². The summed E-state index contributed by atoms with van der Waals surface area (Å²) in [6.07, 6.45) is -0.552. The van der Waals surface area contributed by atoms with Crippen LogP contribution in [-0.2, 0) is 11.3 Å². The highest BCUT2D eigenvalue weighted by molar-refractivity contribution is 5.67. The Bertz CT molecular complexity index is 749. The molecule has 1 amide bonds. The zero-order chi connectivity index (χ0) is 16.7. The van der Waals surface area contributed by atoms with Gasteiger partial charge in [-0.05, 0) is 30.2 Å². The molecule has 2 aromatic carbocycles. The minimum Gasteiger partial charge on any atom is -0.445 e. The first kappa shape index (κ1) is 16.4.